The molecule has 0 saturated heterocycles. The van der Waals surface area contributed by atoms with Crippen molar-refractivity contribution in [3.63, 3.8) is 0 Å². The summed E-state index contributed by atoms with van der Waals surface area (Å²) in [4.78, 5) is 2.26. The first-order valence-electron chi connectivity index (χ1n) is 5.34. The maximum atomic E-state index is 13.5. The van der Waals surface area contributed by atoms with E-state index in [0.717, 1.165) is 14.0 Å². The van der Waals surface area contributed by atoms with Crippen LogP contribution >= 0.6 is 23.5 Å². The number of thioether (sulfide) groups is 2. The summed E-state index contributed by atoms with van der Waals surface area (Å²) in [7, 11) is 0. The fourth-order valence-electron chi connectivity index (χ4n) is 1.68. The van der Waals surface area contributed by atoms with Crippen molar-refractivity contribution in [1.29, 1.82) is 0 Å². The molecule has 0 N–H and O–H groups in total. The smallest absolute Gasteiger partial charge is 0.133 e. The van der Waals surface area contributed by atoms with Gasteiger partial charge < -0.3 is 0 Å². The Kier molecular flexibility index (Phi) is 3.14. The standard InChI is InChI=1S/C14H8F2S2/c15-10-4-3-5-11(16)9(10)8-14-17-12-6-1-2-7-13(12)18-14/h1-8H. The minimum atomic E-state index is -0.528. The minimum Gasteiger partial charge on any atom is -0.206 e. The van der Waals surface area contributed by atoms with Crippen LogP contribution in [0, 0.1) is 11.6 Å². The first-order valence-corrected chi connectivity index (χ1v) is 6.98. The molecule has 0 aromatic heterocycles. The Morgan fingerprint density at radius 3 is 1.89 bits per heavy atom. The van der Waals surface area contributed by atoms with Gasteiger partial charge in [0.25, 0.3) is 0 Å². The number of benzene rings is 2. The molecule has 0 spiro atoms. The van der Waals surface area contributed by atoms with Crippen LogP contribution in [-0.2, 0) is 0 Å². The molecule has 0 bridgehead atoms. The molecule has 1 heterocycles. The van der Waals surface area contributed by atoms with Crippen molar-refractivity contribution in [2.24, 2.45) is 0 Å². The Morgan fingerprint density at radius 1 is 0.778 bits per heavy atom. The van der Waals surface area contributed by atoms with Gasteiger partial charge in [-0.2, -0.15) is 0 Å². The van der Waals surface area contributed by atoms with E-state index in [1.54, 1.807) is 6.08 Å². The van der Waals surface area contributed by atoms with Gasteiger partial charge in [-0.15, -0.1) is 0 Å². The summed E-state index contributed by atoms with van der Waals surface area (Å²) >= 11 is 3.08. The molecule has 18 heavy (non-hydrogen) atoms. The molecule has 3 rings (SSSR count). The topological polar surface area (TPSA) is 0 Å². The maximum Gasteiger partial charge on any atom is 0.133 e. The van der Waals surface area contributed by atoms with E-state index >= 15 is 0 Å². The van der Waals surface area contributed by atoms with Crippen LogP contribution in [-0.4, -0.2) is 0 Å². The largest absolute Gasteiger partial charge is 0.206 e. The number of hydrogen-bond donors (Lipinski definition) is 0. The van der Waals surface area contributed by atoms with E-state index in [2.05, 4.69) is 0 Å². The number of hydrogen-bond acceptors (Lipinski definition) is 2. The highest BCUT2D eigenvalue weighted by Crippen LogP contribution is 2.51. The summed E-state index contributed by atoms with van der Waals surface area (Å²) in [6.07, 6.45) is 1.57. The lowest BCUT2D eigenvalue weighted by molar-refractivity contribution is 0.579. The molecule has 0 saturated carbocycles. The molecule has 4 heteroatoms. The average molecular weight is 278 g/mol. The second kappa shape index (κ2) is 4.78. The summed E-state index contributed by atoms with van der Waals surface area (Å²) in [5.41, 5.74) is 0.0281. The van der Waals surface area contributed by atoms with Gasteiger partial charge in [-0.3, -0.25) is 0 Å². The van der Waals surface area contributed by atoms with Gasteiger partial charge in [0.15, 0.2) is 0 Å². The molecule has 0 atom stereocenters. The first kappa shape index (κ1) is 11.8. The molecule has 1 aliphatic rings. The van der Waals surface area contributed by atoms with Crippen LogP contribution in [0.5, 0.6) is 0 Å². The van der Waals surface area contributed by atoms with Gasteiger partial charge in [-0.05, 0) is 30.3 Å². The van der Waals surface area contributed by atoms with Crippen molar-refractivity contribution in [3.05, 3.63) is 63.9 Å². The molecular weight excluding hydrogens is 270 g/mol. The zero-order valence-corrected chi connectivity index (χ0v) is 10.8. The van der Waals surface area contributed by atoms with Crippen LogP contribution in [0.1, 0.15) is 5.56 Å². The molecular formula is C14H8F2S2. The van der Waals surface area contributed by atoms with Crippen molar-refractivity contribution in [2.45, 2.75) is 9.79 Å². The Balaban J connectivity index is 1.97. The van der Waals surface area contributed by atoms with E-state index in [-0.39, 0.29) is 5.56 Å². The fraction of sp³-hybridized carbons (Fsp3) is 0. The van der Waals surface area contributed by atoms with E-state index in [4.69, 9.17) is 0 Å². The third kappa shape index (κ3) is 2.18. The van der Waals surface area contributed by atoms with Crippen molar-refractivity contribution < 1.29 is 8.78 Å². The van der Waals surface area contributed by atoms with Crippen LogP contribution in [0.3, 0.4) is 0 Å². The van der Waals surface area contributed by atoms with Gasteiger partial charge in [0.2, 0.25) is 0 Å². The predicted molar refractivity (Wildman–Crippen MR) is 72.5 cm³/mol. The lowest BCUT2D eigenvalue weighted by atomic mass is 10.2. The zero-order chi connectivity index (χ0) is 12.5. The molecule has 0 nitrogen and oxygen atoms in total. The SMILES string of the molecule is Fc1cccc(F)c1C=C1Sc2ccccc2S1. The summed E-state index contributed by atoms with van der Waals surface area (Å²) in [5.74, 6) is -1.06. The molecule has 2 aromatic rings. The van der Waals surface area contributed by atoms with Crippen molar-refractivity contribution in [3.8, 4) is 0 Å². The molecule has 0 unspecified atom stereocenters. The van der Waals surface area contributed by atoms with E-state index in [9.17, 15) is 8.78 Å². The van der Waals surface area contributed by atoms with E-state index in [0.29, 0.717) is 0 Å². The monoisotopic (exact) mass is 278 g/mol. The van der Waals surface area contributed by atoms with Crippen LogP contribution in [0.2, 0.25) is 0 Å². The van der Waals surface area contributed by atoms with Gasteiger partial charge in [0, 0.05) is 15.4 Å². The molecule has 0 fully saturated rings. The Hall–Kier alpha value is -1.26. The minimum absolute atomic E-state index is 0.0281. The van der Waals surface area contributed by atoms with Crippen molar-refractivity contribution >= 4 is 29.6 Å². The van der Waals surface area contributed by atoms with E-state index in [1.807, 2.05) is 24.3 Å². The summed E-state index contributed by atoms with van der Waals surface area (Å²) in [6.45, 7) is 0. The van der Waals surface area contributed by atoms with Crippen LogP contribution in [0.25, 0.3) is 6.08 Å². The van der Waals surface area contributed by atoms with Gasteiger partial charge in [0.1, 0.15) is 11.6 Å². The van der Waals surface area contributed by atoms with Crippen LogP contribution < -0.4 is 0 Å². The van der Waals surface area contributed by atoms with E-state index < -0.39 is 11.6 Å². The summed E-state index contributed by atoms with van der Waals surface area (Å²) in [6, 6.07) is 11.8. The molecule has 0 aliphatic carbocycles. The molecule has 1 aliphatic heterocycles. The third-order valence-corrected chi connectivity index (χ3v) is 4.95. The number of rotatable bonds is 1. The van der Waals surface area contributed by atoms with Gasteiger partial charge in [-0.25, -0.2) is 8.78 Å². The molecule has 2 aromatic carbocycles. The lowest BCUT2D eigenvalue weighted by Gasteiger charge is -2.00. The average Bonchev–Trinajstić information content (AvgIpc) is 2.76. The lowest BCUT2D eigenvalue weighted by Crippen LogP contribution is -1.87. The van der Waals surface area contributed by atoms with Crippen LogP contribution in [0.4, 0.5) is 8.78 Å². The van der Waals surface area contributed by atoms with Gasteiger partial charge in [-0.1, -0.05) is 41.7 Å². The van der Waals surface area contributed by atoms with Gasteiger partial charge in [0.05, 0.1) is 4.24 Å². The number of fused-ring (bicyclic) bond motifs is 1. The summed E-state index contributed by atoms with van der Waals surface area (Å²) in [5, 5.41) is 0. The van der Waals surface area contributed by atoms with Crippen molar-refractivity contribution in [2.75, 3.05) is 0 Å². The quantitative estimate of drug-likeness (QED) is 0.706. The Bertz CT molecular complexity index is 588. The predicted octanol–water partition coefficient (Wildman–Crippen LogP) is 5.16. The second-order valence-corrected chi connectivity index (χ2v) is 6.18. The van der Waals surface area contributed by atoms with Crippen LogP contribution in [0.15, 0.2) is 56.5 Å². The Labute approximate surface area is 112 Å². The third-order valence-electron chi connectivity index (χ3n) is 2.53. The maximum absolute atomic E-state index is 13.5. The Morgan fingerprint density at radius 2 is 1.33 bits per heavy atom. The normalized spacial score (nSPS) is 13.6. The summed E-state index contributed by atoms with van der Waals surface area (Å²) < 4.78 is 27.9. The first-order chi connectivity index (χ1) is 8.74. The zero-order valence-electron chi connectivity index (χ0n) is 9.19. The highest BCUT2D eigenvalue weighted by Gasteiger charge is 2.17. The highest BCUT2D eigenvalue weighted by atomic mass is 32.2. The second-order valence-electron chi connectivity index (χ2n) is 3.75. The molecule has 0 radical (unpaired) electrons. The van der Waals surface area contributed by atoms with Crippen molar-refractivity contribution in [1.82, 2.24) is 0 Å². The number of halogens is 2. The molecule has 90 valence electrons. The fourth-order valence-corrected chi connectivity index (χ4v) is 4.05. The van der Waals surface area contributed by atoms with Gasteiger partial charge >= 0.3 is 0 Å². The highest BCUT2D eigenvalue weighted by molar-refractivity contribution is 8.24. The molecule has 0 amide bonds. The van der Waals surface area contributed by atoms with E-state index in [1.165, 1.54) is 41.7 Å².